The number of hydrogen-bond acceptors (Lipinski definition) is 4. The molecule has 5 nitrogen and oxygen atoms in total. The third kappa shape index (κ3) is 3.85. The molecule has 0 saturated carbocycles. The lowest BCUT2D eigenvalue weighted by Gasteiger charge is -2.32. The van der Waals surface area contributed by atoms with E-state index in [1.54, 1.807) is 6.20 Å². The molecule has 25 heavy (non-hydrogen) atoms. The van der Waals surface area contributed by atoms with E-state index >= 15 is 0 Å². The SMILES string of the molecule is CC1(C)OB(c2ccc(C(=N)CCCn3ccnc3)cc2)OC1(C)C. The number of nitrogens with zero attached hydrogens (tertiary/aromatic N) is 2. The van der Waals surface area contributed by atoms with Crippen LogP contribution in [0.3, 0.4) is 0 Å². The Bertz CT molecular complexity index is 708. The quantitative estimate of drug-likeness (QED) is 0.650. The lowest BCUT2D eigenvalue weighted by molar-refractivity contribution is 0.00578. The van der Waals surface area contributed by atoms with E-state index in [-0.39, 0.29) is 18.3 Å². The Labute approximate surface area is 150 Å². The molecule has 132 valence electrons. The minimum absolute atomic E-state index is 0.337. The van der Waals surface area contributed by atoms with Crippen LogP contribution in [0.5, 0.6) is 0 Å². The monoisotopic (exact) mass is 339 g/mol. The van der Waals surface area contributed by atoms with Gasteiger partial charge < -0.3 is 19.3 Å². The largest absolute Gasteiger partial charge is 0.494 e. The molecule has 1 saturated heterocycles. The summed E-state index contributed by atoms with van der Waals surface area (Å²) in [7, 11) is -0.352. The molecule has 0 radical (unpaired) electrons. The summed E-state index contributed by atoms with van der Waals surface area (Å²) in [5, 5.41) is 8.28. The zero-order valence-electron chi connectivity index (χ0n) is 15.5. The predicted octanol–water partition coefficient (Wildman–Crippen LogP) is 3.03. The van der Waals surface area contributed by atoms with Gasteiger partial charge in [-0.25, -0.2) is 4.98 Å². The second-order valence-corrected chi connectivity index (χ2v) is 7.59. The Morgan fingerprint density at radius 2 is 1.76 bits per heavy atom. The molecular formula is C19H26BN3O2. The minimum atomic E-state index is -0.352. The van der Waals surface area contributed by atoms with Crippen LogP contribution in [0.4, 0.5) is 0 Å². The smallest absolute Gasteiger partial charge is 0.399 e. The molecule has 1 aromatic heterocycles. The fraction of sp³-hybridized carbons (Fsp3) is 0.474. The van der Waals surface area contributed by atoms with Crippen LogP contribution < -0.4 is 5.46 Å². The molecule has 0 atom stereocenters. The van der Waals surface area contributed by atoms with E-state index in [1.807, 2.05) is 41.4 Å². The Hall–Kier alpha value is -1.92. The molecule has 2 aromatic rings. The van der Waals surface area contributed by atoms with Gasteiger partial charge in [-0.2, -0.15) is 0 Å². The summed E-state index contributed by atoms with van der Waals surface area (Å²) in [6.45, 7) is 9.09. The molecule has 1 aromatic carbocycles. The summed E-state index contributed by atoms with van der Waals surface area (Å²) < 4.78 is 14.2. The van der Waals surface area contributed by atoms with Crippen LogP contribution in [-0.2, 0) is 15.9 Å². The van der Waals surface area contributed by atoms with Crippen LogP contribution in [0, 0.1) is 5.41 Å². The van der Waals surface area contributed by atoms with E-state index in [0.717, 1.165) is 30.4 Å². The average Bonchev–Trinajstić information content (AvgIpc) is 3.14. The second-order valence-electron chi connectivity index (χ2n) is 7.59. The van der Waals surface area contributed by atoms with Crippen LogP contribution in [0.25, 0.3) is 0 Å². The Kier molecular flexibility index (Phi) is 4.84. The van der Waals surface area contributed by atoms with E-state index in [1.165, 1.54) is 0 Å². The number of nitrogens with one attached hydrogen (secondary N) is 1. The molecule has 2 heterocycles. The number of aryl methyl sites for hydroxylation is 1. The Morgan fingerprint density at radius 1 is 1.12 bits per heavy atom. The van der Waals surface area contributed by atoms with Gasteiger partial charge in [-0.05, 0) is 51.6 Å². The highest BCUT2D eigenvalue weighted by atomic mass is 16.7. The molecule has 1 fully saturated rings. The van der Waals surface area contributed by atoms with Gasteiger partial charge in [0.1, 0.15) is 0 Å². The molecule has 3 rings (SSSR count). The van der Waals surface area contributed by atoms with Gasteiger partial charge in [-0.1, -0.05) is 24.3 Å². The predicted molar refractivity (Wildman–Crippen MR) is 100 cm³/mol. The van der Waals surface area contributed by atoms with E-state index in [9.17, 15) is 0 Å². The Balaban J connectivity index is 1.58. The van der Waals surface area contributed by atoms with Gasteiger partial charge in [-0.3, -0.25) is 0 Å². The maximum Gasteiger partial charge on any atom is 0.494 e. The second kappa shape index (κ2) is 6.77. The van der Waals surface area contributed by atoms with E-state index in [0.29, 0.717) is 5.71 Å². The Morgan fingerprint density at radius 3 is 2.32 bits per heavy atom. The first kappa shape index (κ1) is 17.9. The van der Waals surface area contributed by atoms with Crippen molar-refractivity contribution < 1.29 is 9.31 Å². The lowest BCUT2D eigenvalue weighted by Crippen LogP contribution is -2.41. The fourth-order valence-corrected chi connectivity index (χ4v) is 2.82. The van der Waals surface area contributed by atoms with Crippen LogP contribution in [-0.4, -0.2) is 33.6 Å². The normalized spacial score (nSPS) is 18.5. The van der Waals surface area contributed by atoms with Crippen molar-refractivity contribution in [3.05, 3.63) is 48.5 Å². The molecule has 1 aliphatic rings. The molecule has 0 unspecified atom stereocenters. The highest BCUT2D eigenvalue weighted by molar-refractivity contribution is 6.62. The molecule has 0 bridgehead atoms. The maximum atomic E-state index is 8.28. The molecule has 0 amide bonds. The van der Waals surface area contributed by atoms with Crippen LogP contribution >= 0.6 is 0 Å². The number of benzene rings is 1. The molecule has 1 N–H and O–H groups in total. The van der Waals surface area contributed by atoms with Crippen molar-refractivity contribution in [2.24, 2.45) is 0 Å². The highest BCUT2D eigenvalue weighted by Crippen LogP contribution is 2.36. The van der Waals surface area contributed by atoms with Gasteiger partial charge in [0.15, 0.2) is 0 Å². The lowest BCUT2D eigenvalue weighted by atomic mass is 9.78. The zero-order valence-corrected chi connectivity index (χ0v) is 15.5. The van der Waals surface area contributed by atoms with Gasteiger partial charge in [0.25, 0.3) is 0 Å². The summed E-state index contributed by atoms with van der Waals surface area (Å²) in [5.41, 5.74) is 1.92. The number of aromatic nitrogens is 2. The third-order valence-corrected chi connectivity index (χ3v) is 5.19. The first-order chi connectivity index (χ1) is 11.8. The van der Waals surface area contributed by atoms with E-state index < -0.39 is 0 Å². The first-order valence-corrected chi connectivity index (χ1v) is 8.78. The van der Waals surface area contributed by atoms with Crippen molar-refractivity contribution in [3.63, 3.8) is 0 Å². The standard InChI is InChI=1S/C19H26BN3O2/c1-18(2)19(3,4)25-20(24-18)16-9-7-15(8-10-16)17(21)6-5-12-23-13-11-22-14-23/h7-11,13-14,21H,5-6,12H2,1-4H3. The van der Waals surface area contributed by atoms with Gasteiger partial charge >= 0.3 is 7.12 Å². The molecule has 0 aliphatic carbocycles. The van der Waals surface area contributed by atoms with Crippen LogP contribution in [0.15, 0.2) is 43.0 Å². The summed E-state index contributed by atoms with van der Waals surface area (Å²) in [6, 6.07) is 7.98. The maximum absolute atomic E-state index is 8.28. The summed E-state index contributed by atoms with van der Waals surface area (Å²) in [4.78, 5) is 4.03. The van der Waals surface area contributed by atoms with Crippen molar-refractivity contribution in [1.82, 2.24) is 9.55 Å². The number of hydrogen-bond donors (Lipinski definition) is 1. The molecular weight excluding hydrogens is 313 g/mol. The van der Waals surface area contributed by atoms with Crippen LogP contribution in [0.2, 0.25) is 0 Å². The van der Waals surface area contributed by atoms with Gasteiger partial charge in [0.05, 0.1) is 17.5 Å². The molecule has 6 heteroatoms. The van der Waals surface area contributed by atoms with Crippen LogP contribution in [0.1, 0.15) is 46.1 Å². The minimum Gasteiger partial charge on any atom is -0.399 e. The van der Waals surface area contributed by atoms with Gasteiger partial charge in [-0.15, -0.1) is 0 Å². The zero-order chi connectivity index (χ0) is 18.1. The molecule has 0 spiro atoms. The summed E-state index contributed by atoms with van der Waals surface area (Å²) >= 11 is 0. The van der Waals surface area contributed by atoms with Crippen molar-refractivity contribution in [2.75, 3.05) is 0 Å². The number of imidazole rings is 1. The molecule has 1 aliphatic heterocycles. The van der Waals surface area contributed by atoms with Gasteiger partial charge in [0.2, 0.25) is 0 Å². The summed E-state index contributed by atoms with van der Waals surface area (Å²) in [6.07, 6.45) is 7.20. The third-order valence-electron chi connectivity index (χ3n) is 5.19. The van der Waals surface area contributed by atoms with Gasteiger partial charge in [0, 0.05) is 24.7 Å². The van der Waals surface area contributed by atoms with Crippen molar-refractivity contribution >= 4 is 18.3 Å². The number of rotatable bonds is 6. The van der Waals surface area contributed by atoms with Crippen molar-refractivity contribution in [2.45, 2.75) is 58.3 Å². The van der Waals surface area contributed by atoms with E-state index in [2.05, 4.69) is 32.7 Å². The average molecular weight is 339 g/mol. The van der Waals surface area contributed by atoms with Crippen molar-refractivity contribution in [1.29, 1.82) is 5.41 Å². The summed E-state index contributed by atoms with van der Waals surface area (Å²) in [5.74, 6) is 0. The fourth-order valence-electron chi connectivity index (χ4n) is 2.82. The van der Waals surface area contributed by atoms with Crippen molar-refractivity contribution in [3.8, 4) is 0 Å². The first-order valence-electron chi connectivity index (χ1n) is 8.78. The topological polar surface area (TPSA) is 60.1 Å². The van der Waals surface area contributed by atoms with E-state index in [4.69, 9.17) is 14.7 Å². The highest BCUT2D eigenvalue weighted by Gasteiger charge is 2.51.